The Morgan fingerprint density at radius 3 is 2.75 bits per heavy atom. The van der Waals surface area contributed by atoms with Crippen LogP contribution in [0.3, 0.4) is 0 Å². The number of rotatable bonds is 6. The zero-order chi connectivity index (χ0) is 14.4. The smallest absolute Gasteiger partial charge is 0.224 e. The molecule has 5 heteroatoms. The van der Waals surface area contributed by atoms with Crippen molar-refractivity contribution in [3.05, 3.63) is 36.9 Å². The number of aromatic nitrogens is 1. The van der Waals surface area contributed by atoms with E-state index in [1.807, 2.05) is 31.2 Å². The van der Waals surface area contributed by atoms with Gasteiger partial charge >= 0.3 is 0 Å². The van der Waals surface area contributed by atoms with Gasteiger partial charge in [-0.1, -0.05) is 6.92 Å². The Balaban J connectivity index is 1.89. The van der Waals surface area contributed by atoms with Crippen LogP contribution in [0.2, 0.25) is 0 Å². The van der Waals surface area contributed by atoms with Gasteiger partial charge in [-0.15, -0.1) is 0 Å². The molecule has 2 aromatic rings. The molecule has 0 aliphatic heterocycles. The summed E-state index contributed by atoms with van der Waals surface area (Å²) in [4.78, 5) is 15.6. The Morgan fingerprint density at radius 1 is 1.40 bits per heavy atom. The third-order valence-corrected chi connectivity index (χ3v) is 3.15. The van der Waals surface area contributed by atoms with Gasteiger partial charge in [0.25, 0.3) is 0 Å². The van der Waals surface area contributed by atoms with Gasteiger partial charge in [0.1, 0.15) is 0 Å². The highest BCUT2D eigenvalue weighted by Crippen LogP contribution is 2.20. The number of benzene rings is 1. The summed E-state index contributed by atoms with van der Waals surface area (Å²) in [6, 6.07) is 7.47. The number of hydrogen-bond acceptors (Lipinski definition) is 4. The summed E-state index contributed by atoms with van der Waals surface area (Å²) in [5.74, 6) is 1.09. The van der Waals surface area contributed by atoms with E-state index in [2.05, 4.69) is 10.3 Å². The predicted molar refractivity (Wildman–Crippen MR) is 78.0 cm³/mol. The van der Waals surface area contributed by atoms with E-state index in [9.17, 15) is 4.79 Å². The molecule has 3 N–H and O–H groups in total. The lowest BCUT2D eigenvalue weighted by molar-refractivity contribution is -0.116. The highest BCUT2D eigenvalue weighted by Gasteiger charge is 2.06. The average molecular weight is 273 g/mol. The van der Waals surface area contributed by atoms with E-state index >= 15 is 0 Å². The largest absolute Gasteiger partial charge is 0.444 e. The SMILES string of the molecule is CC(CN)CCC(=O)Nc1ccc(-c2cnco2)cc1. The van der Waals surface area contributed by atoms with Gasteiger partial charge in [-0.3, -0.25) is 4.79 Å². The second-order valence-electron chi connectivity index (χ2n) is 4.87. The number of carbonyl (C=O) groups excluding carboxylic acids is 1. The fourth-order valence-electron chi connectivity index (χ4n) is 1.80. The molecule has 1 amide bonds. The Hall–Kier alpha value is -2.14. The van der Waals surface area contributed by atoms with Crippen molar-refractivity contribution >= 4 is 11.6 Å². The van der Waals surface area contributed by atoms with Gasteiger partial charge < -0.3 is 15.5 Å². The maximum atomic E-state index is 11.8. The van der Waals surface area contributed by atoms with E-state index in [0.29, 0.717) is 24.6 Å². The van der Waals surface area contributed by atoms with E-state index in [1.54, 1.807) is 6.20 Å². The van der Waals surface area contributed by atoms with Crippen molar-refractivity contribution in [2.24, 2.45) is 11.7 Å². The summed E-state index contributed by atoms with van der Waals surface area (Å²) < 4.78 is 5.21. The standard InChI is InChI=1S/C15H19N3O2/c1-11(8-16)2-7-15(19)18-13-5-3-12(4-6-13)14-9-17-10-20-14/h3-6,9-11H,2,7-8,16H2,1H3,(H,18,19). The van der Waals surface area contributed by atoms with Crippen LogP contribution < -0.4 is 11.1 Å². The molecule has 5 nitrogen and oxygen atoms in total. The van der Waals surface area contributed by atoms with Crippen molar-refractivity contribution in [2.45, 2.75) is 19.8 Å². The van der Waals surface area contributed by atoms with Crippen LogP contribution in [-0.2, 0) is 4.79 Å². The molecule has 0 radical (unpaired) electrons. The van der Waals surface area contributed by atoms with Gasteiger partial charge in [0, 0.05) is 17.7 Å². The second-order valence-corrected chi connectivity index (χ2v) is 4.87. The lowest BCUT2D eigenvalue weighted by Gasteiger charge is -2.09. The van der Waals surface area contributed by atoms with Crippen LogP contribution in [-0.4, -0.2) is 17.4 Å². The normalized spacial score (nSPS) is 12.1. The third-order valence-electron chi connectivity index (χ3n) is 3.15. The van der Waals surface area contributed by atoms with Gasteiger partial charge in [0.15, 0.2) is 12.2 Å². The van der Waals surface area contributed by atoms with Crippen molar-refractivity contribution < 1.29 is 9.21 Å². The monoisotopic (exact) mass is 273 g/mol. The molecular formula is C15H19N3O2. The molecule has 20 heavy (non-hydrogen) atoms. The fourth-order valence-corrected chi connectivity index (χ4v) is 1.80. The molecule has 1 unspecified atom stereocenters. The first-order chi connectivity index (χ1) is 9.69. The summed E-state index contributed by atoms with van der Waals surface area (Å²) in [5, 5.41) is 2.87. The number of nitrogens with zero attached hydrogens (tertiary/aromatic N) is 1. The highest BCUT2D eigenvalue weighted by molar-refractivity contribution is 5.90. The zero-order valence-electron chi connectivity index (χ0n) is 11.5. The number of nitrogens with one attached hydrogen (secondary N) is 1. The van der Waals surface area contributed by atoms with Crippen LogP contribution in [0.5, 0.6) is 0 Å². The molecule has 1 heterocycles. The first-order valence-electron chi connectivity index (χ1n) is 6.68. The minimum Gasteiger partial charge on any atom is -0.444 e. The maximum absolute atomic E-state index is 11.8. The quantitative estimate of drug-likeness (QED) is 0.847. The van der Waals surface area contributed by atoms with Crippen molar-refractivity contribution in [1.82, 2.24) is 4.98 Å². The van der Waals surface area contributed by atoms with Crippen LogP contribution in [0.15, 0.2) is 41.3 Å². The number of hydrogen-bond donors (Lipinski definition) is 2. The molecule has 106 valence electrons. The highest BCUT2D eigenvalue weighted by atomic mass is 16.3. The topological polar surface area (TPSA) is 81.2 Å². The summed E-state index contributed by atoms with van der Waals surface area (Å²) in [6.07, 6.45) is 4.34. The second kappa shape index (κ2) is 6.86. The molecule has 0 aliphatic rings. The first kappa shape index (κ1) is 14.3. The minimum absolute atomic E-state index is 0.0118. The number of nitrogens with two attached hydrogens (primary N) is 1. The molecule has 0 fully saturated rings. The van der Waals surface area contributed by atoms with Gasteiger partial charge in [0.2, 0.25) is 5.91 Å². The molecule has 1 atom stereocenters. The van der Waals surface area contributed by atoms with E-state index in [0.717, 1.165) is 17.7 Å². The molecule has 0 saturated heterocycles. The van der Waals surface area contributed by atoms with Gasteiger partial charge in [0.05, 0.1) is 6.20 Å². The number of oxazole rings is 1. The van der Waals surface area contributed by atoms with E-state index in [-0.39, 0.29) is 5.91 Å². The number of carbonyl (C=O) groups is 1. The Bertz CT molecular complexity index is 535. The third kappa shape index (κ3) is 3.93. The molecule has 1 aromatic heterocycles. The minimum atomic E-state index is 0.0118. The van der Waals surface area contributed by atoms with Gasteiger partial charge in [-0.25, -0.2) is 4.98 Å². The lowest BCUT2D eigenvalue weighted by Crippen LogP contribution is -2.16. The van der Waals surface area contributed by atoms with Crippen molar-refractivity contribution in [2.75, 3.05) is 11.9 Å². The van der Waals surface area contributed by atoms with Gasteiger partial charge in [-0.2, -0.15) is 0 Å². The first-order valence-corrected chi connectivity index (χ1v) is 6.68. The Labute approximate surface area is 118 Å². The molecule has 1 aromatic carbocycles. The van der Waals surface area contributed by atoms with Crippen molar-refractivity contribution in [3.8, 4) is 11.3 Å². The molecule has 0 aliphatic carbocycles. The summed E-state index contributed by atoms with van der Waals surface area (Å²) in [7, 11) is 0. The summed E-state index contributed by atoms with van der Waals surface area (Å²) >= 11 is 0. The molecule has 0 spiro atoms. The van der Waals surface area contributed by atoms with E-state index < -0.39 is 0 Å². The van der Waals surface area contributed by atoms with E-state index in [4.69, 9.17) is 10.2 Å². The van der Waals surface area contributed by atoms with Crippen LogP contribution in [0.25, 0.3) is 11.3 Å². The predicted octanol–water partition coefficient (Wildman–Crippen LogP) is 2.66. The Kier molecular flexibility index (Phi) is 4.90. The summed E-state index contributed by atoms with van der Waals surface area (Å²) in [5.41, 5.74) is 7.23. The van der Waals surface area contributed by atoms with Crippen molar-refractivity contribution in [3.63, 3.8) is 0 Å². The number of anilines is 1. The van der Waals surface area contributed by atoms with Crippen LogP contribution in [0.4, 0.5) is 5.69 Å². The molecule has 2 rings (SSSR count). The fraction of sp³-hybridized carbons (Fsp3) is 0.333. The van der Waals surface area contributed by atoms with Gasteiger partial charge in [-0.05, 0) is 43.1 Å². The van der Waals surface area contributed by atoms with Crippen LogP contribution in [0, 0.1) is 5.92 Å². The maximum Gasteiger partial charge on any atom is 0.224 e. The van der Waals surface area contributed by atoms with E-state index in [1.165, 1.54) is 6.39 Å². The lowest BCUT2D eigenvalue weighted by atomic mass is 10.1. The molecular weight excluding hydrogens is 254 g/mol. The van der Waals surface area contributed by atoms with Crippen LogP contribution >= 0.6 is 0 Å². The van der Waals surface area contributed by atoms with Crippen LogP contribution in [0.1, 0.15) is 19.8 Å². The summed E-state index contributed by atoms with van der Waals surface area (Å²) in [6.45, 7) is 2.65. The van der Waals surface area contributed by atoms with Crippen molar-refractivity contribution in [1.29, 1.82) is 0 Å². The number of amides is 1. The zero-order valence-corrected chi connectivity index (χ0v) is 11.5. The average Bonchev–Trinajstić information content (AvgIpc) is 2.99. The Morgan fingerprint density at radius 2 is 2.15 bits per heavy atom. The molecule has 0 bridgehead atoms. The molecule has 0 saturated carbocycles.